The number of amides is 1. The molecule has 0 spiro atoms. The molecule has 0 bridgehead atoms. The molecule has 0 radical (unpaired) electrons. The standard InChI is InChI=1S/C8H5F2N3O2/c9-7(10)5-3(2-11)1-4(14)13-6(5)8(12)15/h1,7H,(H2,12,15)(H,13,14). The van der Waals surface area contributed by atoms with E-state index in [4.69, 9.17) is 11.0 Å². The second-order valence-electron chi connectivity index (χ2n) is 2.61. The van der Waals surface area contributed by atoms with E-state index >= 15 is 0 Å². The lowest BCUT2D eigenvalue weighted by Crippen LogP contribution is -2.22. The van der Waals surface area contributed by atoms with Crippen LogP contribution < -0.4 is 11.3 Å². The molecule has 78 valence electrons. The Kier molecular flexibility index (Phi) is 2.80. The zero-order chi connectivity index (χ0) is 11.6. The van der Waals surface area contributed by atoms with Crippen molar-refractivity contribution >= 4 is 5.91 Å². The Labute approximate surface area is 82.1 Å². The molecule has 7 heteroatoms. The highest BCUT2D eigenvalue weighted by atomic mass is 19.3. The summed E-state index contributed by atoms with van der Waals surface area (Å²) in [6.07, 6.45) is -3.06. The van der Waals surface area contributed by atoms with Gasteiger partial charge >= 0.3 is 0 Å². The first kappa shape index (κ1) is 10.8. The first-order chi connectivity index (χ1) is 6.97. The zero-order valence-corrected chi connectivity index (χ0v) is 7.25. The minimum atomic E-state index is -3.06. The number of hydrogen-bond acceptors (Lipinski definition) is 3. The van der Waals surface area contributed by atoms with Crippen LogP contribution in [0.15, 0.2) is 10.9 Å². The van der Waals surface area contributed by atoms with E-state index in [-0.39, 0.29) is 0 Å². The van der Waals surface area contributed by atoms with Gasteiger partial charge in [-0.2, -0.15) is 5.26 Å². The van der Waals surface area contributed by atoms with Crippen LogP contribution in [0.3, 0.4) is 0 Å². The summed E-state index contributed by atoms with van der Waals surface area (Å²) in [6.45, 7) is 0. The van der Waals surface area contributed by atoms with Crippen molar-refractivity contribution in [3.8, 4) is 6.07 Å². The van der Waals surface area contributed by atoms with Crippen LogP contribution in [-0.4, -0.2) is 10.9 Å². The maximum absolute atomic E-state index is 12.5. The Morgan fingerprint density at radius 2 is 2.20 bits per heavy atom. The van der Waals surface area contributed by atoms with Crippen LogP contribution >= 0.6 is 0 Å². The molecule has 1 aromatic rings. The molecule has 5 nitrogen and oxygen atoms in total. The molecule has 0 fully saturated rings. The van der Waals surface area contributed by atoms with Gasteiger partial charge in [0.1, 0.15) is 5.69 Å². The van der Waals surface area contributed by atoms with E-state index in [1.165, 1.54) is 6.07 Å². The molecule has 0 aromatic carbocycles. The molecular weight excluding hydrogens is 208 g/mol. The van der Waals surface area contributed by atoms with Gasteiger partial charge in [-0.05, 0) is 0 Å². The first-order valence-corrected chi connectivity index (χ1v) is 3.72. The fraction of sp³-hybridized carbons (Fsp3) is 0.125. The number of halogens is 2. The van der Waals surface area contributed by atoms with Gasteiger partial charge in [0.2, 0.25) is 5.56 Å². The van der Waals surface area contributed by atoms with Gasteiger partial charge < -0.3 is 10.7 Å². The molecule has 0 unspecified atom stereocenters. The van der Waals surface area contributed by atoms with Crippen LogP contribution in [-0.2, 0) is 0 Å². The van der Waals surface area contributed by atoms with Gasteiger partial charge in [0.25, 0.3) is 12.3 Å². The van der Waals surface area contributed by atoms with Crippen molar-refractivity contribution in [2.45, 2.75) is 6.43 Å². The monoisotopic (exact) mass is 213 g/mol. The van der Waals surface area contributed by atoms with Crippen molar-refractivity contribution in [2.24, 2.45) is 5.73 Å². The highest BCUT2D eigenvalue weighted by molar-refractivity contribution is 5.92. The Balaban J connectivity index is 3.64. The number of pyridine rings is 1. The van der Waals surface area contributed by atoms with E-state index < -0.39 is 34.7 Å². The second kappa shape index (κ2) is 3.88. The lowest BCUT2D eigenvalue weighted by atomic mass is 10.1. The van der Waals surface area contributed by atoms with Crippen molar-refractivity contribution in [3.05, 3.63) is 33.2 Å². The van der Waals surface area contributed by atoms with Crippen LogP contribution in [0.25, 0.3) is 0 Å². The van der Waals surface area contributed by atoms with Crippen molar-refractivity contribution in [2.75, 3.05) is 0 Å². The molecule has 1 heterocycles. The van der Waals surface area contributed by atoms with E-state index in [1.54, 1.807) is 0 Å². The zero-order valence-electron chi connectivity index (χ0n) is 7.25. The molecule has 0 saturated heterocycles. The Bertz CT molecular complexity index is 502. The van der Waals surface area contributed by atoms with E-state index in [1.807, 2.05) is 4.98 Å². The lowest BCUT2D eigenvalue weighted by Gasteiger charge is -2.06. The summed E-state index contributed by atoms with van der Waals surface area (Å²) in [5.74, 6) is -1.21. The predicted octanol–water partition coefficient (Wildman–Crippen LogP) is 0.283. The summed E-state index contributed by atoms with van der Waals surface area (Å²) >= 11 is 0. The first-order valence-electron chi connectivity index (χ1n) is 3.72. The number of nitrogens with zero attached hydrogens (tertiary/aromatic N) is 1. The van der Waals surface area contributed by atoms with E-state index in [2.05, 4.69) is 0 Å². The Morgan fingerprint density at radius 1 is 1.60 bits per heavy atom. The number of aromatic nitrogens is 1. The maximum Gasteiger partial charge on any atom is 0.267 e. The summed E-state index contributed by atoms with van der Waals surface area (Å²) in [5, 5.41) is 8.51. The quantitative estimate of drug-likeness (QED) is 0.737. The number of carbonyl (C=O) groups excluding carboxylic acids is 1. The van der Waals surface area contributed by atoms with Crippen LogP contribution in [0, 0.1) is 11.3 Å². The van der Waals surface area contributed by atoms with Crippen molar-refractivity contribution in [3.63, 3.8) is 0 Å². The average molecular weight is 213 g/mol. The van der Waals surface area contributed by atoms with Gasteiger partial charge in [-0.1, -0.05) is 0 Å². The largest absolute Gasteiger partial charge is 0.364 e. The van der Waals surface area contributed by atoms with E-state index in [0.29, 0.717) is 6.07 Å². The fourth-order valence-corrected chi connectivity index (χ4v) is 1.08. The summed E-state index contributed by atoms with van der Waals surface area (Å²) in [5.41, 5.74) is 1.84. The van der Waals surface area contributed by atoms with Crippen LogP contribution in [0.1, 0.15) is 28.0 Å². The molecule has 1 amide bonds. The van der Waals surface area contributed by atoms with Crippen molar-refractivity contribution in [1.29, 1.82) is 5.26 Å². The number of H-pyrrole nitrogens is 1. The molecular formula is C8H5F2N3O2. The molecule has 1 aromatic heterocycles. The number of hydrogen-bond donors (Lipinski definition) is 2. The SMILES string of the molecule is N#Cc1cc(=O)[nH]c(C(N)=O)c1C(F)F. The minimum absolute atomic E-state index is 0.553. The van der Waals surface area contributed by atoms with Gasteiger partial charge in [-0.15, -0.1) is 0 Å². The van der Waals surface area contributed by atoms with Crippen molar-refractivity contribution in [1.82, 2.24) is 4.98 Å². The maximum atomic E-state index is 12.5. The summed E-state index contributed by atoms with van der Waals surface area (Å²) in [4.78, 5) is 23.5. The number of primary amides is 1. The van der Waals surface area contributed by atoms with Crippen LogP contribution in [0.2, 0.25) is 0 Å². The smallest absolute Gasteiger partial charge is 0.267 e. The normalized spacial score (nSPS) is 10.0. The molecule has 0 aliphatic carbocycles. The molecule has 3 N–H and O–H groups in total. The molecule has 1 rings (SSSR count). The van der Waals surface area contributed by atoms with Gasteiger partial charge in [0, 0.05) is 6.07 Å². The Hall–Kier alpha value is -2.23. The van der Waals surface area contributed by atoms with Crippen LogP contribution in [0.4, 0.5) is 8.78 Å². The number of nitrogens with two attached hydrogens (primary N) is 1. The summed E-state index contributed by atoms with van der Waals surface area (Å²) < 4.78 is 25.0. The summed E-state index contributed by atoms with van der Waals surface area (Å²) in [6, 6.07) is 2.09. The lowest BCUT2D eigenvalue weighted by molar-refractivity contribution is 0.0979. The molecule has 0 aliphatic heterocycles. The topological polar surface area (TPSA) is 99.7 Å². The average Bonchev–Trinajstić information content (AvgIpc) is 2.15. The number of nitrogens with one attached hydrogen (secondary N) is 1. The number of alkyl halides is 2. The van der Waals surface area contributed by atoms with Gasteiger partial charge in [0.05, 0.1) is 17.2 Å². The minimum Gasteiger partial charge on any atom is -0.364 e. The Morgan fingerprint density at radius 3 is 2.60 bits per heavy atom. The summed E-state index contributed by atoms with van der Waals surface area (Å²) in [7, 11) is 0. The highest BCUT2D eigenvalue weighted by Gasteiger charge is 2.22. The van der Waals surface area contributed by atoms with Gasteiger partial charge in [0.15, 0.2) is 0 Å². The molecule has 0 aliphatic rings. The fourth-order valence-electron chi connectivity index (χ4n) is 1.08. The number of aromatic amines is 1. The third-order valence-corrected chi connectivity index (χ3v) is 1.67. The number of nitriles is 1. The second-order valence-corrected chi connectivity index (χ2v) is 2.61. The molecule has 0 saturated carbocycles. The van der Waals surface area contributed by atoms with Crippen LogP contribution in [0.5, 0.6) is 0 Å². The van der Waals surface area contributed by atoms with Gasteiger partial charge in [-0.25, -0.2) is 8.78 Å². The van der Waals surface area contributed by atoms with E-state index in [9.17, 15) is 18.4 Å². The number of rotatable bonds is 2. The van der Waals surface area contributed by atoms with Gasteiger partial charge in [-0.3, -0.25) is 9.59 Å². The van der Waals surface area contributed by atoms with E-state index in [0.717, 1.165) is 0 Å². The highest BCUT2D eigenvalue weighted by Crippen LogP contribution is 2.23. The van der Waals surface area contributed by atoms with Crippen molar-refractivity contribution < 1.29 is 13.6 Å². The molecule has 15 heavy (non-hydrogen) atoms. The number of carbonyl (C=O) groups is 1. The third-order valence-electron chi connectivity index (χ3n) is 1.67. The third kappa shape index (κ3) is 1.99. The molecule has 0 atom stereocenters. The predicted molar refractivity (Wildman–Crippen MR) is 45.3 cm³/mol.